The quantitative estimate of drug-likeness (QED) is 0.889. The van der Waals surface area contributed by atoms with Crippen LogP contribution in [0.25, 0.3) is 0 Å². The standard InChI is InChI=1S/C14H21NO3/c1-8(2)7-11-12(14(16)17)18-13(15-11)10-6-4-5-9(10)3/h8-10H,4-7H2,1-3H3,(H,16,17). The van der Waals surface area contributed by atoms with E-state index in [2.05, 4.69) is 25.8 Å². The average molecular weight is 251 g/mol. The van der Waals surface area contributed by atoms with Crippen molar-refractivity contribution < 1.29 is 14.3 Å². The Hall–Kier alpha value is -1.32. The number of carbonyl (C=O) groups is 1. The number of carboxylic acid groups (broad SMARTS) is 1. The minimum Gasteiger partial charge on any atom is -0.475 e. The van der Waals surface area contributed by atoms with Crippen LogP contribution in [0.5, 0.6) is 0 Å². The normalized spacial score (nSPS) is 23.8. The molecular formula is C14H21NO3. The summed E-state index contributed by atoms with van der Waals surface area (Å²) in [6.45, 7) is 6.29. The largest absolute Gasteiger partial charge is 0.475 e. The smallest absolute Gasteiger partial charge is 0.373 e. The molecule has 2 unspecified atom stereocenters. The van der Waals surface area contributed by atoms with Crippen molar-refractivity contribution in [3.05, 3.63) is 17.3 Å². The molecule has 0 bridgehead atoms. The fourth-order valence-electron chi connectivity index (χ4n) is 2.73. The van der Waals surface area contributed by atoms with Gasteiger partial charge in [-0.3, -0.25) is 0 Å². The first-order valence-corrected chi connectivity index (χ1v) is 6.72. The van der Waals surface area contributed by atoms with E-state index in [9.17, 15) is 4.79 Å². The molecule has 1 saturated carbocycles. The van der Waals surface area contributed by atoms with Crippen molar-refractivity contribution in [1.82, 2.24) is 4.98 Å². The molecule has 4 nitrogen and oxygen atoms in total. The molecule has 100 valence electrons. The fourth-order valence-corrected chi connectivity index (χ4v) is 2.73. The molecule has 0 aromatic carbocycles. The van der Waals surface area contributed by atoms with E-state index in [1.54, 1.807) is 0 Å². The van der Waals surface area contributed by atoms with Gasteiger partial charge >= 0.3 is 5.97 Å². The summed E-state index contributed by atoms with van der Waals surface area (Å²) < 4.78 is 5.52. The second-order valence-corrected chi connectivity index (χ2v) is 5.75. The van der Waals surface area contributed by atoms with Crippen molar-refractivity contribution in [1.29, 1.82) is 0 Å². The van der Waals surface area contributed by atoms with E-state index < -0.39 is 5.97 Å². The van der Waals surface area contributed by atoms with Gasteiger partial charge in [0.15, 0.2) is 5.89 Å². The molecule has 0 amide bonds. The highest BCUT2D eigenvalue weighted by molar-refractivity contribution is 5.85. The molecule has 1 fully saturated rings. The summed E-state index contributed by atoms with van der Waals surface area (Å²) in [5.41, 5.74) is 0.603. The van der Waals surface area contributed by atoms with E-state index in [4.69, 9.17) is 9.52 Å². The first-order chi connectivity index (χ1) is 8.49. The minimum absolute atomic E-state index is 0.0396. The van der Waals surface area contributed by atoms with Gasteiger partial charge in [0.2, 0.25) is 5.76 Å². The first-order valence-electron chi connectivity index (χ1n) is 6.72. The van der Waals surface area contributed by atoms with Gasteiger partial charge < -0.3 is 9.52 Å². The summed E-state index contributed by atoms with van der Waals surface area (Å²) in [5, 5.41) is 9.17. The fraction of sp³-hybridized carbons (Fsp3) is 0.714. The van der Waals surface area contributed by atoms with E-state index in [1.165, 1.54) is 12.8 Å². The summed E-state index contributed by atoms with van der Waals surface area (Å²) in [6.07, 6.45) is 4.07. The third-order valence-electron chi connectivity index (χ3n) is 3.69. The Kier molecular flexibility index (Phi) is 3.73. The molecule has 18 heavy (non-hydrogen) atoms. The van der Waals surface area contributed by atoms with Crippen LogP contribution in [0.15, 0.2) is 4.42 Å². The van der Waals surface area contributed by atoms with E-state index >= 15 is 0 Å². The molecule has 1 heterocycles. The van der Waals surface area contributed by atoms with Crippen molar-refractivity contribution in [3.8, 4) is 0 Å². The molecule has 2 atom stereocenters. The van der Waals surface area contributed by atoms with Gasteiger partial charge in [-0.15, -0.1) is 0 Å². The average Bonchev–Trinajstić information content (AvgIpc) is 2.83. The second-order valence-electron chi connectivity index (χ2n) is 5.75. The van der Waals surface area contributed by atoms with E-state index in [-0.39, 0.29) is 5.76 Å². The predicted octanol–water partition coefficient (Wildman–Crippen LogP) is 3.47. The number of nitrogens with zero attached hydrogens (tertiary/aromatic N) is 1. The molecule has 0 spiro atoms. The third-order valence-corrected chi connectivity index (χ3v) is 3.69. The Bertz CT molecular complexity index is 436. The number of rotatable bonds is 4. The predicted molar refractivity (Wildman–Crippen MR) is 67.8 cm³/mol. The van der Waals surface area contributed by atoms with Gasteiger partial charge in [0.1, 0.15) is 0 Å². The van der Waals surface area contributed by atoms with Crippen molar-refractivity contribution in [2.24, 2.45) is 11.8 Å². The highest BCUT2D eigenvalue weighted by Gasteiger charge is 2.31. The van der Waals surface area contributed by atoms with E-state index in [0.29, 0.717) is 35.8 Å². The molecular weight excluding hydrogens is 230 g/mol. The SMILES string of the molecule is CC(C)Cc1nc(C2CCCC2C)oc1C(=O)O. The molecule has 1 N–H and O–H groups in total. The summed E-state index contributed by atoms with van der Waals surface area (Å²) in [4.78, 5) is 15.6. The lowest BCUT2D eigenvalue weighted by molar-refractivity contribution is 0.0657. The molecule has 1 aromatic heterocycles. The lowest BCUT2D eigenvalue weighted by Crippen LogP contribution is -2.04. The minimum atomic E-state index is -1.00. The summed E-state index contributed by atoms with van der Waals surface area (Å²) >= 11 is 0. The molecule has 0 radical (unpaired) electrons. The van der Waals surface area contributed by atoms with Gasteiger partial charge in [0.25, 0.3) is 0 Å². The first kappa shape index (κ1) is 13.1. The van der Waals surface area contributed by atoms with Crippen LogP contribution in [0.3, 0.4) is 0 Å². The van der Waals surface area contributed by atoms with Crippen LogP contribution in [0.1, 0.15) is 68.1 Å². The van der Waals surface area contributed by atoms with Gasteiger partial charge in [-0.1, -0.05) is 27.2 Å². The van der Waals surface area contributed by atoms with E-state index in [0.717, 1.165) is 6.42 Å². The maximum Gasteiger partial charge on any atom is 0.373 e. The topological polar surface area (TPSA) is 63.3 Å². The van der Waals surface area contributed by atoms with Crippen LogP contribution in [0, 0.1) is 11.8 Å². The molecule has 2 rings (SSSR count). The second kappa shape index (κ2) is 5.12. The lowest BCUT2D eigenvalue weighted by atomic mass is 9.98. The molecule has 0 saturated heterocycles. The zero-order valence-electron chi connectivity index (χ0n) is 11.3. The summed E-state index contributed by atoms with van der Waals surface area (Å²) in [6, 6.07) is 0. The van der Waals surface area contributed by atoms with E-state index in [1.807, 2.05) is 0 Å². The zero-order chi connectivity index (χ0) is 13.3. The van der Waals surface area contributed by atoms with Crippen molar-refractivity contribution >= 4 is 5.97 Å². The number of carboxylic acids is 1. The molecule has 4 heteroatoms. The number of aromatic nitrogens is 1. The summed E-state index contributed by atoms with van der Waals surface area (Å²) in [5.74, 6) is 0.879. The zero-order valence-corrected chi connectivity index (χ0v) is 11.3. The van der Waals surface area contributed by atoms with Crippen LogP contribution in [-0.2, 0) is 6.42 Å². The van der Waals surface area contributed by atoms with Crippen molar-refractivity contribution in [2.45, 2.75) is 52.4 Å². The van der Waals surface area contributed by atoms with Crippen LogP contribution in [-0.4, -0.2) is 16.1 Å². The maximum atomic E-state index is 11.2. The van der Waals surface area contributed by atoms with Gasteiger partial charge in [0, 0.05) is 5.92 Å². The highest BCUT2D eigenvalue weighted by Crippen LogP contribution is 2.39. The Morgan fingerprint density at radius 1 is 1.50 bits per heavy atom. The third kappa shape index (κ3) is 2.57. The Labute approximate surface area is 107 Å². The molecule has 1 aliphatic carbocycles. The van der Waals surface area contributed by atoms with Crippen LogP contribution in [0.4, 0.5) is 0 Å². The van der Waals surface area contributed by atoms with Crippen molar-refractivity contribution in [3.63, 3.8) is 0 Å². The number of hydrogen-bond donors (Lipinski definition) is 1. The molecule has 0 aliphatic heterocycles. The Morgan fingerprint density at radius 3 is 2.72 bits per heavy atom. The van der Waals surface area contributed by atoms with Crippen LogP contribution >= 0.6 is 0 Å². The molecule has 1 aromatic rings. The number of aromatic carboxylic acids is 1. The van der Waals surface area contributed by atoms with Crippen LogP contribution < -0.4 is 0 Å². The van der Waals surface area contributed by atoms with Gasteiger partial charge in [-0.2, -0.15) is 0 Å². The number of oxazole rings is 1. The lowest BCUT2D eigenvalue weighted by Gasteiger charge is -2.09. The maximum absolute atomic E-state index is 11.2. The summed E-state index contributed by atoms with van der Waals surface area (Å²) in [7, 11) is 0. The Morgan fingerprint density at radius 2 is 2.22 bits per heavy atom. The van der Waals surface area contributed by atoms with Gasteiger partial charge in [0.05, 0.1) is 5.69 Å². The van der Waals surface area contributed by atoms with Crippen LogP contribution in [0.2, 0.25) is 0 Å². The monoisotopic (exact) mass is 251 g/mol. The van der Waals surface area contributed by atoms with Crippen molar-refractivity contribution in [2.75, 3.05) is 0 Å². The number of hydrogen-bond acceptors (Lipinski definition) is 3. The van der Waals surface area contributed by atoms with Gasteiger partial charge in [-0.05, 0) is 31.1 Å². The molecule has 1 aliphatic rings. The highest BCUT2D eigenvalue weighted by atomic mass is 16.4. The van der Waals surface area contributed by atoms with Gasteiger partial charge in [-0.25, -0.2) is 9.78 Å². The Balaban J connectivity index is 2.29.